The molecule has 8 heteroatoms. The van der Waals surface area contributed by atoms with E-state index in [2.05, 4.69) is 58.7 Å². The SMILES string of the molecule is CCn1cnnc1CNC(=NC)NC(C)Cc1ccc(C)s1.I. The maximum Gasteiger partial charge on any atom is 0.191 e. The van der Waals surface area contributed by atoms with Crippen LogP contribution in [0.3, 0.4) is 0 Å². The van der Waals surface area contributed by atoms with Crippen molar-refractivity contribution < 1.29 is 0 Å². The van der Waals surface area contributed by atoms with Crippen LogP contribution in [0.4, 0.5) is 0 Å². The highest BCUT2D eigenvalue weighted by Gasteiger charge is 2.09. The standard InChI is InChI=1S/C15H24N6S.HI/c1-5-21-10-18-20-14(21)9-17-15(16-4)19-11(2)8-13-7-6-12(3)22-13;/h6-7,10-11H,5,8-9H2,1-4H3,(H2,16,17,19);1H. The van der Waals surface area contributed by atoms with E-state index in [0.29, 0.717) is 12.6 Å². The van der Waals surface area contributed by atoms with Crippen molar-refractivity contribution in [1.29, 1.82) is 0 Å². The van der Waals surface area contributed by atoms with Crippen molar-refractivity contribution in [2.45, 2.75) is 46.3 Å². The van der Waals surface area contributed by atoms with E-state index in [9.17, 15) is 0 Å². The Bertz CT molecular complexity index is 621. The summed E-state index contributed by atoms with van der Waals surface area (Å²) in [5, 5.41) is 14.7. The number of aromatic nitrogens is 3. The summed E-state index contributed by atoms with van der Waals surface area (Å²) in [4.78, 5) is 7.01. The Labute approximate surface area is 158 Å². The second-order valence-electron chi connectivity index (χ2n) is 5.22. The molecule has 2 aromatic rings. The summed E-state index contributed by atoms with van der Waals surface area (Å²) in [6.07, 6.45) is 2.74. The fraction of sp³-hybridized carbons (Fsp3) is 0.533. The molecule has 2 aromatic heterocycles. The highest BCUT2D eigenvalue weighted by molar-refractivity contribution is 14.0. The molecular weight excluding hydrogens is 423 g/mol. The molecule has 0 aliphatic heterocycles. The van der Waals surface area contributed by atoms with Crippen LogP contribution in [0.25, 0.3) is 0 Å². The summed E-state index contributed by atoms with van der Waals surface area (Å²) in [6.45, 7) is 7.85. The third-order valence-electron chi connectivity index (χ3n) is 3.36. The lowest BCUT2D eigenvalue weighted by Gasteiger charge is -2.17. The molecule has 0 radical (unpaired) electrons. The van der Waals surface area contributed by atoms with Gasteiger partial charge in [0.25, 0.3) is 0 Å². The zero-order valence-corrected chi connectivity index (χ0v) is 17.2. The van der Waals surface area contributed by atoms with Gasteiger partial charge in [0, 0.05) is 35.8 Å². The van der Waals surface area contributed by atoms with Gasteiger partial charge in [-0.25, -0.2) is 0 Å². The molecule has 0 spiro atoms. The molecule has 0 amide bonds. The highest BCUT2D eigenvalue weighted by atomic mass is 127. The first-order valence-electron chi connectivity index (χ1n) is 7.51. The monoisotopic (exact) mass is 448 g/mol. The first kappa shape index (κ1) is 19.9. The summed E-state index contributed by atoms with van der Waals surface area (Å²) < 4.78 is 2.01. The quantitative estimate of drug-likeness (QED) is 0.405. The molecule has 2 heterocycles. The number of nitrogens with one attached hydrogen (secondary N) is 2. The van der Waals surface area contributed by atoms with E-state index in [1.54, 1.807) is 13.4 Å². The van der Waals surface area contributed by atoms with Crippen molar-refractivity contribution in [2.75, 3.05) is 7.05 Å². The Morgan fingerprint density at radius 3 is 2.83 bits per heavy atom. The van der Waals surface area contributed by atoms with Gasteiger partial charge in [-0.3, -0.25) is 4.99 Å². The van der Waals surface area contributed by atoms with Crippen LogP contribution in [0.2, 0.25) is 0 Å². The number of hydrogen-bond donors (Lipinski definition) is 2. The van der Waals surface area contributed by atoms with E-state index in [1.165, 1.54) is 9.75 Å². The topological polar surface area (TPSA) is 67.1 Å². The fourth-order valence-corrected chi connectivity index (χ4v) is 3.24. The molecule has 2 rings (SSSR count). The Morgan fingerprint density at radius 1 is 1.43 bits per heavy atom. The van der Waals surface area contributed by atoms with Gasteiger partial charge in [-0.2, -0.15) is 0 Å². The number of halogens is 1. The zero-order chi connectivity index (χ0) is 15.9. The predicted molar refractivity (Wildman–Crippen MR) is 107 cm³/mol. The smallest absolute Gasteiger partial charge is 0.191 e. The molecule has 1 atom stereocenters. The maximum absolute atomic E-state index is 4.27. The van der Waals surface area contributed by atoms with Gasteiger partial charge >= 0.3 is 0 Å². The average Bonchev–Trinajstić information content (AvgIpc) is 3.11. The number of rotatable bonds is 6. The van der Waals surface area contributed by atoms with Crippen molar-refractivity contribution in [3.63, 3.8) is 0 Å². The van der Waals surface area contributed by atoms with E-state index < -0.39 is 0 Å². The van der Waals surface area contributed by atoms with E-state index in [4.69, 9.17) is 0 Å². The van der Waals surface area contributed by atoms with E-state index in [1.807, 2.05) is 15.9 Å². The van der Waals surface area contributed by atoms with Crippen molar-refractivity contribution in [2.24, 2.45) is 4.99 Å². The summed E-state index contributed by atoms with van der Waals surface area (Å²) in [7, 11) is 1.78. The number of hydrogen-bond acceptors (Lipinski definition) is 4. The van der Waals surface area contributed by atoms with Gasteiger partial charge in [0.1, 0.15) is 6.33 Å². The summed E-state index contributed by atoms with van der Waals surface area (Å²) in [5.74, 6) is 1.69. The van der Waals surface area contributed by atoms with Crippen LogP contribution in [0, 0.1) is 6.92 Å². The summed E-state index contributed by atoms with van der Waals surface area (Å²) >= 11 is 1.85. The molecule has 0 saturated heterocycles. The molecule has 0 aliphatic carbocycles. The van der Waals surface area contributed by atoms with Crippen molar-refractivity contribution in [3.05, 3.63) is 34.0 Å². The second kappa shape index (κ2) is 9.86. The number of thiophene rings is 1. The molecule has 0 bridgehead atoms. The molecule has 128 valence electrons. The van der Waals surface area contributed by atoms with E-state index >= 15 is 0 Å². The molecule has 2 N–H and O–H groups in total. The van der Waals surface area contributed by atoms with E-state index in [-0.39, 0.29) is 24.0 Å². The Morgan fingerprint density at radius 2 is 2.22 bits per heavy atom. The molecule has 0 aliphatic rings. The van der Waals surface area contributed by atoms with Crippen LogP contribution in [0.15, 0.2) is 23.5 Å². The van der Waals surface area contributed by atoms with E-state index in [0.717, 1.165) is 24.7 Å². The fourth-order valence-electron chi connectivity index (χ4n) is 2.22. The summed E-state index contributed by atoms with van der Waals surface area (Å²) in [6, 6.07) is 4.67. The van der Waals surface area contributed by atoms with Gasteiger partial charge < -0.3 is 15.2 Å². The zero-order valence-electron chi connectivity index (χ0n) is 14.0. The van der Waals surface area contributed by atoms with Gasteiger partial charge in [-0.15, -0.1) is 45.5 Å². The van der Waals surface area contributed by atoms with Crippen LogP contribution >= 0.6 is 35.3 Å². The van der Waals surface area contributed by atoms with Gasteiger partial charge in [0.15, 0.2) is 11.8 Å². The minimum Gasteiger partial charge on any atom is -0.354 e. The molecular formula is C15H25IN6S. The van der Waals surface area contributed by atoms with Gasteiger partial charge in [-0.05, 0) is 32.9 Å². The Kier molecular flexibility index (Phi) is 8.53. The highest BCUT2D eigenvalue weighted by Crippen LogP contribution is 2.16. The van der Waals surface area contributed by atoms with Crippen molar-refractivity contribution in [3.8, 4) is 0 Å². The van der Waals surface area contributed by atoms with Gasteiger partial charge in [0.05, 0.1) is 6.54 Å². The molecule has 1 unspecified atom stereocenters. The number of aryl methyl sites for hydroxylation is 2. The third kappa shape index (κ3) is 6.09. The van der Waals surface area contributed by atoms with Gasteiger partial charge in [0.2, 0.25) is 0 Å². The normalized spacial score (nSPS) is 12.6. The summed E-state index contributed by atoms with van der Waals surface area (Å²) in [5.41, 5.74) is 0. The molecule has 23 heavy (non-hydrogen) atoms. The lowest BCUT2D eigenvalue weighted by atomic mass is 10.2. The van der Waals surface area contributed by atoms with Crippen LogP contribution in [-0.2, 0) is 19.5 Å². The lowest BCUT2D eigenvalue weighted by molar-refractivity contribution is 0.629. The van der Waals surface area contributed by atoms with Crippen LogP contribution in [0.5, 0.6) is 0 Å². The minimum absolute atomic E-state index is 0. The van der Waals surface area contributed by atoms with Crippen molar-refractivity contribution >= 4 is 41.3 Å². The minimum atomic E-state index is 0. The number of guanidine groups is 1. The average molecular weight is 448 g/mol. The first-order chi connectivity index (χ1) is 10.6. The third-order valence-corrected chi connectivity index (χ3v) is 4.38. The number of aliphatic imine (C=N–C) groups is 1. The van der Waals surface area contributed by atoms with Gasteiger partial charge in [-0.1, -0.05) is 0 Å². The molecule has 0 aromatic carbocycles. The second-order valence-corrected chi connectivity index (χ2v) is 6.59. The van der Waals surface area contributed by atoms with Crippen LogP contribution in [0.1, 0.15) is 29.4 Å². The van der Waals surface area contributed by atoms with Crippen LogP contribution < -0.4 is 10.6 Å². The molecule has 0 saturated carbocycles. The Balaban J connectivity index is 0.00000264. The first-order valence-corrected chi connectivity index (χ1v) is 8.33. The number of nitrogens with zero attached hydrogens (tertiary/aromatic N) is 4. The predicted octanol–water partition coefficient (Wildman–Crippen LogP) is 2.58. The largest absolute Gasteiger partial charge is 0.354 e. The van der Waals surface area contributed by atoms with Crippen LogP contribution in [-0.4, -0.2) is 33.8 Å². The lowest BCUT2D eigenvalue weighted by Crippen LogP contribution is -2.43. The molecule has 6 nitrogen and oxygen atoms in total. The van der Waals surface area contributed by atoms with Crippen molar-refractivity contribution in [1.82, 2.24) is 25.4 Å². The molecule has 0 fully saturated rings. The maximum atomic E-state index is 4.27. The Hall–Kier alpha value is -1.16.